The lowest BCUT2D eigenvalue weighted by Crippen LogP contribution is -2.33. The predicted molar refractivity (Wildman–Crippen MR) is 125 cm³/mol. The van der Waals surface area contributed by atoms with Crippen LogP contribution in [0.15, 0.2) is 46.4 Å². The van der Waals surface area contributed by atoms with Gasteiger partial charge in [-0.3, -0.25) is 9.59 Å². The van der Waals surface area contributed by atoms with E-state index in [1.54, 1.807) is 12.1 Å². The molecule has 3 rings (SSSR count). The van der Waals surface area contributed by atoms with Crippen LogP contribution < -0.4 is 20.1 Å². The third-order valence-electron chi connectivity index (χ3n) is 5.09. The van der Waals surface area contributed by atoms with Crippen LogP contribution >= 0.6 is 15.9 Å². The van der Waals surface area contributed by atoms with E-state index in [2.05, 4.69) is 26.6 Å². The molecule has 0 unspecified atom stereocenters. The summed E-state index contributed by atoms with van der Waals surface area (Å²) in [6.45, 7) is -0.311. The van der Waals surface area contributed by atoms with Gasteiger partial charge < -0.3 is 20.1 Å². The van der Waals surface area contributed by atoms with Crippen LogP contribution in [0.25, 0.3) is 6.08 Å². The molecule has 0 heterocycles. The van der Waals surface area contributed by atoms with Crippen molar-refractivity contribution in [3.8, 4) is 17.6 Å². The molecule has 1 saturated carbocycles. The molecular formula is C24H23BrFN3O4. The summed E-state index contributed by atoms with van der Waals surface area (Å²) in [5.41, 5.74) is 0.986. The molecule has 2 aromatic carbocycles. The lowest BCUT2D eigenvalue weighted by atomic mass is 10.1. The van der Waals surface area contributed by atoms with E-state index in [1.807, 2.05) is 6.07 Å². The van der Waals surface area contributed by atoms with Crippen LogP contribution in [0.5, 0.6) is 11.5 Å². The van der Waals surface area contributed by atoms with Crippen molar-refractivity contribution in [2.45, 2.75) is 31.7 Å². The van der Waals surface area contributed by atoms with E-state index in [9.17, 15) is 19.2 Å². The lowest BCUT2D eigenvalue weighted by Gasteiger charge is -2.14. The summed E-state index contributed by atoms with van der Waals surface area (Å²) >= 11 is 3.39. The number of amides is 2. The molecule has 2 amide bonds. The molecule has 0 spiro atoms. The van der Waals surface area contributed by atoms with Crippen LogP contribution in [-0.4, -0.2) is 31.6 Å². The van der Waals surface area contributed by atoms with Crippen molar-refractivity contribution in [2.24, 2.45) is 0 Å². The molecule has 0 radical (unpaired) electrons. The summed E-state index contributed by atoms with van der Waals surface area (Å²) < 4.78 is 24.5. The molecule has 2 N–H and O–H groups in total. The minimum atomic E-state index is -0.435. The Kier molecular flexibility index (Phi) is 8.44. The van der Waals surface area contributed by atoms with Gasteiger partial charge in [0, 0.05) is 11.7 Å². The molecule has 172 valence electrons. The van der Waals surface area contributed by atoms with Gasteiger partial charge in [0.15, 0.2) is 18.1 Å². The largest absolute Gasteiger partial charge is 0.493 e. The molecule has 33 heavy (non-hydrogen) atoms. The number of nitriles is 1. The molecule has 0 saturated heterocycles. The van der Waals surface area contributed by atoms with Crippen molar-refractivity contribution < 1.29 is 23.5 Å². The molecule has 0 aliphatic heterocycles. The van der Waals surface area contributed by atoms with E-state index in [0.29, 0.717) is 21.5 Å². The second-order valence-corrected chi connectivity index (χ2v) is 8.36. The topological polar surface area (TPSA) is 100 Å². The van der Waals surface area contributed by atoms with Gasteiger partial charge in [0.05, 0.1) is 11.6 Å². The smallest absolute Gasteiger partial charge is 0.262 e. The Morgan fingerprint density at radius 2 is 1.94 bits per heavy atom. The molecule has 1 fully saturated rings. The van der Waals surface area contributed by atoms with Gasteiger partial charge in [0.2, 0.25) is 0 Å². The third kappa shape index (κ3) is 6.80. The Hall–Kier alpha value is -3.38. The van der Waals surface area contributed by atoms with E-state index in [0.717, 1.165) is 25.7 Å². The Labute approximate surface area is 199 Å². The number of carbonyl (C=O) groups excluding carboxylic acids is 2. The highest BCUT2D eigenvalue weighted by atomic mass is 79.9. The zero-order chi connectivity index (χ0) is 23.8. The van der Waals surface area contributed by atoms with Gasteiger partial charge in [-0.15, -0.1) is 0 Å². The average molecular weight is 516 g/mol. The van der Waals surface area contributed by atoms with Gasteiger partial charge in [-0.25, -0.2) is 4.39 Å². The Morgan fingerprint density at radius 1 is 1.24 bits per heavy atom. The van der Waals surface area contributed by atoms with Crippen molar-refractivity contribution in [1.82, 2.24) is 5.32 Å². The molecular weight excluding hydrogens is 493 g/mol. The normalized spacial score (nSPS) is 13.8. The van der Waals surface area contributed by atoms with Crippen LogP contribution in [0.3, 0.4) is 0 Å². The van der Waals surface area contributed by atoms with E-state index in [4.69, 9.17) is 9.47 Å². The fourth-order valence-corrected chi connectivity index (χ4v) is 4.05. The highest BCUT2D eigenvalue weighted by Crippen LogP contribution is 2.37. The van der Waals surface area contributed by atoms with Crippen molar-refractivity contribution in [3.05, 3.63) is 57.8 Å². The summed E-state index contributed by atoms with van der Waals surface area (Å²) in [6.07, 6.45) is 5.46. The summed E-state index contributed by atoms with van der Waals surface area (Å²) in [4.78, 5) is 24.6. The molecule has 0 bridgehead atoms. The van der Waals surface area contributed by atoms with Gasteiger partial charge >= 0.3 is 0 Å². The lowest BCUT2D eigenvalue weighted by molar-refractivity contribution is -0.118. The van der Waals surface area contributed by atoms with Crippen LogP contribution in [0.1, 0.15) is 31.2 Å². The molecule has 2 aromatic rings. The minimum Gasteiger partial charge on any atom is -0.493 e. The molecule has 0 aromatic heterocycles. The summed E-state index contributed by atoms with van der Waals surface area (Å²) in [5.74, 6) is -0.633. The van der Waals surface area contributed by atoms with Crippen LogP contribution in [0.2, 0.25) is 0 Å². The second kappa shape index (κ2) is 11.5. The van der Waals surface area contributed by atoms with Crippen molar-refractivity contribution in [1.29, 1.82) is 5.26 Å². The van der Waals surface area contributed by atoms with Gasteiger partial charge in [-0.05, 0) is 76.8 Å². The number of hydrogen-bond donors (Lipinski definition) is 2. The number of nitrogens with one attached hydrogen (secondary N) is 2. The Bertz CT molecular complexity index is 1090. The second-order valence-electron chi connectivity index (χ2n) is 7.50. The number of nitrogens with zero attached hydrogens (tertiary/aromatic N) is 1. The SMILES string of the molecule is COc1cc(/C=C(/C#N)C(=O)NC2CCCC2)cc(Br)c1OCC(=O)Nc1ccc(F)cc1. The number of methoxy groups -OCH3 is 1. The summed E-state index contributed by atoms with van der Waals surface area (Å²) in [6, 6.07) is 10.7. The maximum absolute atomic E-state index is 13.0. The maximum atomic E-state index is 13.0. The number of benzene rings is 2. The van der Waals surface area contributed by atoms with Gasteiger partial charge in [0.25, 0.3) is 11.8 Å². The number of halogens is 2. The van der Waals surface area contributed by atoms with Gasteiger partial charge in [0.1, 0.15) is 17.5 Å². The standard InChI is InChI=1S/C24H23BrFN3O4/c1-32-21-12-15(10-16(13-27)24(31)29-18-4-2-3-5-18)11-20(25)23(21)33-14-22(30)28-19-8-6-17(26)7-9-19/h6-12,18H,2-5,14H2,1H3,(H,28,30)(H,29,31)/b16-10-. The molecule has 7 nitrogen and oxygen atoms in total. The number of rotatable bonds is 8. The Morgan fingerprint density at radius 3 is 2.58 bits per heavy atom. The van der Waals surface area contributed by atoms with Crippen molar-refractivity contribution in [2.75, 3.05) is 19.0 Å². The zero-order valence-corrected chi connectivity index (χ0v) is 19.6. The quantitative estimate of drug-likeness (QED) is 0.395. The average Bonchev–Trinajstić information content (AvgIpc) is 3.30. The molecule has 1 aliphatic rings. The fraction of sp³-hybridized carbons (Fsp3) is 0.292. The third-order valence-corrected chi connectivity index (χ3v) is 5.68. The van der Waals surface area contributed by atoms with Crippen molar-refractivity contribution >= 4 is 39.5 Å². The fourth-order valence-electron chi connectivity index (χ4n) is 3.48. The highest BCUT2D eigenvalue weighted by molar-refractivity contribution is 9.10. The van der Waals surface area contributed by atoms with Crippen molar-refractivity contribution in [3.63, 3.8) is 0 Å². The molecule has 9 heteroatoms. The monoisotopic (exact) mass is 515 g/mol. The molecule has 0 atom stereocenters. The first-order chi connectivity index (χ1) is 15.9. The minimum absolute atomic E-state index is 0.0109. The number of carbonyl (C=O) groups is 2. The number of ether oxygens (including phenoxy) is 2. The van der Waals surface area contributed by atoms with Crippen LogP contribution in [-0.2, 0) is 9.59 Å². The number of anilines is 1. The van der Waals surface area contributed by atoms with Crippen LogP contribution in [0.4, 0.5) is 10.1 Å². The van der Waals surface area contributed by atoms with Gasteiger partial charge in [-0.2, -0.15) is 5.26 Å². The summed E-state index contributed by atoms with van der Waals surface area (Å²) in [5, 5.41) is 15.0. The molecule has 1 aliphatic carbocycles. The first kappa shape index (κ1) is 24.3. The van der Waals surface area contributed by atoms with E-state index >= 15 is 0 Å². The van der Waals surface area contributed by atoms with E-state index in [-0.39, 0.29) is 24.0 Å². The first-order valence-electron chi connectivity index (χ1n) is 10.4. The highest BCUT2D eigenvalue weighted by Gasteiger charge is 2.20. The van der Waals surface area contributed by atoms with Crippen LogP contribution in [0, 0.1) is 17.1 Å². The first-order valence-corrected chi connectivity index (χ1v) is 11.2. The van der Waals surface area contributed by atoms with E-state index in [1.165, 1.54) is 37.5 Å². The predicted octanol–water partition coefficient (Wildman–Crippen LogP) is 4.58. The number of hydrogen-bond acceptors (Lipinski definition) is 5. The van der Waals surface area contributed by atoms with Gasteiger partial charge in [-0.1, -0.05) is 12.8 Å². The zero-order valence-electron chi connectivity index (χ0n) is 18.0. The summed E-state index contributed by atoms with van der Waals surface area (Å²) in [7, 11) is 1.44. The van der Waals surface area contributed by atoms with E-state index < -0.39 is 17.6 Å². The maximum Gasteiger partial charge on any atom is 0.262 e. The Balaban J connectivity index is 1.69.